The monoisotopic (exact) mass is 1290 g/mol. The second kappa shape index (κ2) is 30.3. The fraction of sp³-hybridized carbons (Fsp3) is 0.0580. The Bertz CT molecular complexity index is 4620. The van der Waals surface area contributed by atoms with Crippen LogP contribution < -0.4 is 32.3 Å². The highest BCUT2D eigenvalue weighted by molar-refractivity contribution is 7.52. The van der Waals surface area contributed by atoms with E-state index in [1.54, 1.807) is 75.4 Å². The topological polar surface area (TPSA) is 251 Å². The van der Waals surface area contributed by atoms with Gasteiger partial charge in [0.2, 0.25) is 0 Å². The number of fused-ring (bicyclic) bond motifs is 2. The summed E-state index contributed by atoms with van der Waals surface area (Å²) in [7, 11) is 0. The maximum absolute atomic E-state index is 13.0. The number of ether oxygens (including phenoxy) is 1. The van der Waals surface area contributed by atoms with E-state index in [1.807, 2.05) is 127 Å². The molecule has 22 heteroatoms. The largest absolute Gasteiger partial charge is 0.444 e. The van der Waals surface area contributed by atoms with E-state index >= 15 is 0 Å². The summed E-state index contributed by atoms with van der Waals surface area (Å²) < 4.78 is 42.7. The molecule has 8 aromatic carbocycles. The van der Waals surface area contributed by atoms with Crippen LogP contribution in [0.15, 0.2) is 243 Å². The van der Waals surface area contributed by atoms with Crippen LogP contribution in [0, 0.1) is 0 Å². The third kappa shape index (κ3) is 17.0. The van der Waals surface area contributed by atoms with Gasteiger partial charge in [-0.1, -0.05) is 108 Å². The molecule has 4 heterocycles. The van der Waals surface area contributed by atoms with E-state index in [-0.39, 0.29) is 11.8 Å². The van der Waals surface area contributed by atoms with Crippen molar-refractivity contribution in [3.63, 3.8) is 0 Å². The van der Waals surface area contributed by atoms with E-state index in [1.165, 1.54) is 0 Å². The molecule has 0 aliphatic rings. The zero-order valence-electron chi connectivity index (χ0n) is 48.8. The summed E-state index contributed by atoms with van der Waals surface area (Å²) in [5.41, 5.74) is 17.4. The number of nitrogens with one attached hydrogen (secondary N) is 5. The van der Waals surface area contributed by atoms with Gasteiger partial charge in [0.15, 0.2) is 0 Å². The molecule has 7 N–H and O–H groups in total. The molecule has 0 bridgehead atoms. The van der Waals surface area contributed by atoms with E-state index in [0.717, 1.165) is 55.7 Å². The van der Waals surface area contributed by atoms with Gasteiger partial charge in [-0.25, -0.2) is 14.8 Å². The number of nitrogens with two attached hydrogens (primary N) is 1. The minimum Gasteiger partial charge on any atom is -0.444 e. The first-order valence-electron chi connectivity index (χ1n) is 27.8. The SMILES string of the molecule is CC(C)(C)OC(=O)Nc1ccc(C(=O)Nc2cccc(Nc3ccc(Cl)c(-c4cn(-c5ccccc5)c5ccccc45)n3)c2)cc1.Nc1ccc(C(=O)Nc2cccc(Nc3ccc(Cl)c(-c4cn(-c5ccccc5)c5ccccc45)n3)c2)cc1.O=S=O.O=S=O. The van der Waals surface area contributed by atoms with Gasteiger partial charge in [0, 0.05) is 90.9 Å². The molecule has 0 atom stereocenters. The molecular formula is C69H56Cl2N10O8S2. The van der Waals surface area contributed by atoms with Gasteiger partial charge in [0.05, 0.1) is 32.5 Å². The summed E-state index contributed by atoms with van der Waals surface area (Å²) in [5.74, 6) is 0.733. The molecule has 0 fully saturated rings. The maximum Gasteiger partial charge on any atom is 0.412 e. The lowest BCUT2D eigenvalue weighted by atomic mass is 10.1. The van der Waals surface area contributed by atoms with E-state index in [9.17, 15) is 14.4 Å². The Labute approximate surface area is 540 Å². The van der Waals surface area contributed by atoms with Crippen LogP contribution in [0.1, 0.15) is 41.5 Å². The Hall–Kier alpha value is -11.0. The number of hydrogen-bond donors (Lipinski definition) is 6. The van der Waals surface area contributed by atoms with Crippen LogP contribution in [-0.2, 0) is 27.9 Å². The third-order valence-corrected chi connectivity index (χ3v) is 14.1. The first kappa shape index (κ1) is 64.4. The molecule has 0 saturated carbocycles. The number of carbonyl (C=O) groups excluding carboxylic acids is 3. The second-order valence-corrected chi connectivity index (χ2v) is 22.0. The van der Waals surface area contributed by atoms with Crippen LogP contribution in [0.25, 0.3) is 55.7 Å². The summed E-state index contributed by atoms with van der Waals surface area (Å²) in [4.78, 5) is 47.4. The third-order valence-electron chi connectivity index (χ3n) is 13.4. The quantitative estimate of drug-likeness (QED) is 0.0589. The van der Waals surface area contributed by atoms with Gasteiger partial charge in [-0.05, 0) is 166 Å². The molecule has 0 spiro atoms. The Morgan fingerprint density at radius 1 is 0.451 bits per heavy atom. The molecule has 0 unspecified atom stereocenters. The predicted molar refractivity (Wildman–Crippen MR) is 363 cm³/mol. The first-order valence-corrected chi connectivity index (χ1v) is 29.9. The normalized spacial score (nSPS) is 10.6. The van der Waals surface area contributed by atoms with Gasteiger partial charge in [0.25, 0.3) is 11.8 Å². The number of aromatic nitrogens is 4. The summed E-state index contributed by atoms with van der Waals surface area (Å²) in [6, 6.07) is 72.2. The molecule has 456 valence electrons. The number of nitrogen functional groups attached to an aromatic ring is 1. The fourth-order valence-electron chi connectivity index (χ4n) is 9.56. The van der Waals surface area contributed by atoms with Crippen LogP contribution in [0.3, 0.4) is 0 Å². The van der Waals surface area contributed by atoms with E-state index in [2.05, 4.69) is 96.6 Å². The van der Waals surface area contributed by atoms with Crippen molar-refractivity contribution in [2.75, 3.05) is 32.3 Å². The van der Waals surface area contributed by atoms with Crippen molar-refractivity contribution in [2.45, 2.75) is 26.4 Å². The maximum atomic E-state index is 13.0. The zero-order valence-corrected chi connectivity index (χ0v) is 51.9. The van der Waals surface area contributed by atoms with Crippen molar-refractivity contribution in [2.24, 2.45) is 0 Å². The molecule has 0 radical (unpaired) electrons. The smallest absolute Gasteiger partial charge is 0.412 e. The number of amides is 3. The highest BCUT2D eigenvalue weighted by atomic mass is 35.5. The minimum atomic E-state index is -0.750. The number of carbonyl (C=O) groups is 3. The van der Waals surface area contributed by atoms with Gasteiger partial charge in [-0.15, -0.1) is 0 Å². The molecular weight excluding hydrogens is 1230 g/mol. The molecule has 0 aliphatic carbocycles. The van der Waals surface area contributed by atoms with Crippen LogP contribution in [-0.4, -0.2) is 59.4 Å². The van der Waals surface area contributed by atoms with Gasteiger partial charge in [-0.2, -0.15) is 16.8 Å². The summed E-state index contributed by atoms with van der Waals surface area (Å²) in [6.07, 6.45) is 3.58. The van der Waals surface area contributed by atoms with Crippen molar-refractivity contribution in [1.82, 2.24) is 19.1 Å². The minimum absolute atomic E-state index is 0.214. The summed E-state index contributed by atoms with van der Waals surface area (Å²) in [5, 5.41) is 18.4. The van der Waals surface area contributed by atoms with Crippen LogP contribution in [0.2, 0.25) is 10.0 Å². The van der Waals surface area contributed by atoms with E-state index < -0.39 is 34.8 Å². The van der Waals surface area contributed by atoms with Crippen molar-refractivity contribution >= 4 is 132 Å². The average Bonchev–Trinajstić information content (AvgIpc) is 1.67. The van der Waals surface area contributed by atoms with Crippen LogP contribution in [0.5, 0.6) is 0 Å². The Kier molecular flexibility index (Phi) is 21.4. The predicted octanol–water partition coefficient (Wildman–Crippen LogP) is 16.3. The molecule has 4 aromatic heterocycles. The number of hydrogen-bond acceptors (Lipinski definition) is 13. The fourth-order valence-corrected chi connectivity index (χ4v) is 9.97. The number of para-hydroxylation sites is 4. The lowest BCUT2D eigenvalue weighted by molar-refractivity contribution is 0.0635. The van der Waals surface area contributed by atoms with Crippen molar-refractivity contribution in [3.05, 3.63) is 264 Å². The number of rotatable bonds is 13. The molecule has 18 nitrogen and oxygen atoms in total. The number of nitrogens with zero attached hydrogens (tertiary/aromatic N) is 4. The lowest BCUT2D eigenvalue weighted by Gasteiger charge is -2.19. The van der Waals surface area contributed by atoms with Crippen molar-refractivity contribution in [3.8, 4) is 33.9 Å². The van der Waals surface area contributed by atoms with Crippen molar-refractivity contribution < 1.29 is 36.0 Å². The number of halogens is 2. The zero-order chi connectivity index (χ0) is 64.4. The summed E-state index contributed by atoms with van der Waals surface area (Å²) in [6.45, 7) is 5.38. The first-order chi connectivity index (χ1) is 44.0. The molecule has 12 aromatic rings. The Balaban J connectivity index is 0.000000200. The molecule has 12 rings (SSSR count). The molecule has 0 saturated heterocycles. The van der Waals surface area contributed by atoms with Crippen LogP contribution in [0.4, 0.5) is 50.6 Å². The van der Waals surface area contributed by atoms with Gasteiger partial charge < -0.3 is 40.9 Å². The highest BCUT2D eigenvalue weighted by Gasteiger charge is 2.20. The Morgan fingerprint density at radius 3 is 1.25 bits per heavy atom. The molecule has 0 aliphatic heterocycles. The van der Waals surface area contributed by atoms with E-state index in [4.69, 9.17) is 60.5 Å². The summed E-state index contributed by atoms with van der Waals surface area (Å²) >= 11 is 11.9. The van der Waals surface area contributed by atoms with Gasteiger partial charge in [-0.3, -0.25) is 14.9 Å². The molecule has 3 amide bonds. The van der Waals surface area contributed by atoms with Crippen LogP contribution >= 0.6 is 23.2 Å². The Morgan fingerprint density at radius 2 is 0.835 bits per heavy atom. The van der Waals surface area contributed by atoms with Gasteiger partial charge in [0.1, 0.15) is 17.2 Å². The van der Waals surface area contributed by atoms with Crippen molar-refractivity contribution in [1.29, 1.82) is 0 Å². The highest BCUT2D eigenvalue weighted by Crippen LogP contribution is 2.38. The standard InChI is InChI=1S/C37H32ClN5O3.C32H24ClN5O.2O2S/c1-37(2,3)46-36(45)41-25-18-16-24(17-19-25)35(44)40-27-11-9-10-26(22-27)39-33-21-20-31(38)34(42-33)30-23-43(28-12-5-4-6-13-28)32-15-8-7-14-29(30)32;33-28-17-18-30(35-23-7-6-8-24(19-23)36-32(39)21-13-15-22(34)16-14-21)37-31(28)27-20-38(25-9-2-1-3-10-25)29-12-5-4-11-26(27)29;2*1-3-2/h4-23H,1-3H3,(H,39,42)(H,40,44)(H,41,45);1-20H,34H2,(H,35,37)(H,36,39);;. The average molecular weight is 1290 g/mol. The number of pyridine rings is 2. The molecule has 91 heavy (non-hydrogen) atoms. The lowest BCUT2D eigenvalue weighted by Crippen LogP contribution is -2.27. The number of benzene rings is 8. The van der Waals surface area contributed by atoms with E-state index in [0.29, 0.717) is 66.9 Å². The number of anilines is 8. The van der Waals surface area contributed by atoms with Gasteiger partial charge >= 0.3 is 29.2 Å². The second-order valence-electron chi connectivity index (χ2n) is 20.9.